The number of carboxylic acid groups (broad SMARTS) is 1. The third-order valence-corrected chi connectivity index (χ3v) is 2.31. The number of methoxy groups -OCH3 is 1. The van der Waals surface area contributed by atoms with E-state index in [2.05, 4.69) is 5.10 Å². The van der Waals surface area contributed by atoms with Gasteiger partial charge in [0, 0.05) is 11.6 Å². The van der Waals surface area contributed by atoms with Gasteiger partial charge in [0.05, 0.1) is 12.8 Å². The summed E-state index contributed by atoms with van der Waals surface area (Å²) in [6, 6.07) is 11.3. The molecule has 0 unspecified atom stereocenters. The van der Waals surface area contributed by atoms with Crippen LogP contribution in [0.15, 0.2) is 36.4 Å². The van der Waals surface area contributed by atoms with Gasteiger partial charge in [-0.05, 0) is 0 Å². The highest BCUT2D eigenvalue weighted by Gasteiger charge is 2.11. The van der Waals surface area contributed by atoms with Crippen molar-refractivity contribution in [3.8, 4) is 17.1 Å². The minimum absolute atomic E-state index is 0.212. The first-order chi connectivity index (χ1) is 8.20. The fourth-order valence-corrected chi connectivity index (χ4v) is 1.56. The summed E-state index contributed by atoms with van der Waals surface area (Å²) in [4.78, 5) is 10.7. The zero-order valence-electron chi connectivity index (χ0n) is 9.33. The first-order valence-corrected chi connectivity index (χ1v) is 5.10. The summed E-state index contributed by atoms with van der Waals surface area (Å²) in [6.45, 7) is -0.212. The van der Waals surface area contributed by atoms with Crippen molar-refractivity contribution in [1.29, 1.82) is 0 Å². The van der Waals surface area contributed by atoms with Crippen molar-refractivity contribution in [2.24, 2.45) is 0 Å². The second kappa shape index (κ2) is 4.69. The van der Waals surface area contributed by atoms with E-state index < -0.39 is 5.97 Å². The van der Waals surface area contributed by atoms with Crippen molar-refractivity contribution in [1.82, 2.24) is 9.78 Å². The molecule has 0 saturated heterocycles. The van der Waals surface area contributed by atoms with Gasteiger partial charge in [0.15, 0.2) is 0 Å². The fourth-order valence-electron chi connectivity index (χ4n) is 1.56. The quantitative estimate of drug-likeness (QED) is 0.870. The Hall–Kier alpha value is -2.30. The summed E-state index contributed by atoms with van der Waals surface area (Å²) >= 11 is 0. The topological polar surface area (TPSA) is 64.4 Å². The highest BCUT2D eigenvalue weighted by Crippen LogP contribution is 2.22. The molecule has 17 heavy (non-hydrogen) atoms. The van der Waals surface area contributed by atoms with Gasteiger partial charge in [-0.3, -0.25) is 4.79 Å². The third kappa shape index (κ3) is 2.44. The Labute approximate surface area is 98.3 Å². The molecule has 2 aromatic rings. The maximum Gasteiger partial charge on any atom is 0.325 e. The maximum atomic E-state index is 10.7. The van der Waals surface area contributed by atoms with Crippen LogP contribution >= 0.6 is 0 Å². The minimum Gasteiger partial charge on any atom is -0.481 e. The Bertz CT molecular complexity index is 520. The van der Waals surface area contributed by atoms with E-state index >= 15 is 0 Å². The molecule has 0 atom stereocenters. The Morgan fingerprint density at radius 3 is 2.71 bits per heavy atom. The van der Waals surface area contributed by atoms with Crippen LogP contribution in [-0.4, -0.2) is 28.0 Å². The van der Waals surface area contributed by atoms with Crippen molar-refractivity contribution in [2.75, 3.05) is 7.11 Å². The number of carbonyl (C=O) groups is 1. The summed E-state index contributed by atoms with van der Waals surface area (Å²) < 4.78 is 6.41. The Balaban J connectivity index is 2.37. The summed E-state index contributed by atoms with van der Waals surface area (Å²) in [7, 11) is 1.49. The number of rotatable bonds is 4. The van der Waals surface area contributed by atoms with Gasteiger partial charge in [-0.1, -0.05) is 30.3 Å². The second-order valence-corrected chi connectivity index (χ2v) is 3.49. The minimum atomic E-state index is -0.953. The zero-order chi connectivity index (χ0) is 12.3. The van der Waals surface area contributed by atoms with Gasteiger partial charge in [0.1, 0.15) is 6.54 Å². The number of nitrogens with zero attached hydrogens (tertiary/aromatic N) is 2. The average molecular weight is 232 g/mol. The van der Waals surface area contributed by atoms with E-state index in [9.17, 15) is 4.79 Å². The van der Waals surface area contributed by atoms with Crippen LogP contribution in [-0.2, 0) is 11.3 Å². The molecule has 0 aliphatic carbocycles. The van der Waals surface area contributed by atoms with Crippen LogP contribution in [0.3, 0.4) is 0 Å². The van der Waals surface area contributed by atoms with E-state index in [0.717, 1.165) is 5.56 Å². The van der Waals surface area contributed by atoms with Crippen LogP contribution in [0, 0.1) is 0 Å². The first-order valence-electron chi connectivity index (χ1n) is 5.10. The summed E-state index contributed by atoms with van der Waals surface area (Å²) in [5.41, 5.74) is 1.62. The highest BCUT2D eigenvalue weighted by molar-refractivity contribution is 5.67. The summed E-state index contributed by atoms with van der Waals surface area (Å²) in [5.74, 6) is -0.516. The van der Waals surface area contributed by atoms with Gasteiger partial charge in [0.25, 0.3) is 0 Å². The third-order valence-electron chi connectivity index (χ3n) is 2.31. The van der Waals surface area contributed by atoms with Gasteiger partial charge < -0.3 is 9.84 Å². The van der Waals surface area contributed by atoms with Crippen LogP contribution < -0.4 is 4.74 Å². The lowest BCUT2D eigenvalue weighted by atomic mass is 10.2. The van der Waals surface area contributed by atoms with Crippen molar-refractivity contribution in [2.45, 2.75) is 6.54 Å². The van der Waals surface area contributed by atoms with E-state index in [1.54, 1.807) is 6.07 Å². The van der Waals surface area contributed by atoms with Crippen molar-refractivity contribution >= 4 is 5.97 Å². The highest BCUT2D eigenvalue weighted by atomic mass is 16.5. The largest absolute Gasteiger partial charge is 0.481 e. The lowest BCUT2D eigenvalue weighted by Crippen LogP contribution is -2.11. The Kier molecular flexibility index (Phi) is 3.09. The van der Waals surface area contributed by atoms with E-state index in [4.69, 9.17) is 9.84 Å². The number of hydrogen-bond donors (Lipinski definition) is 1. The fraction of sp³-hybridized carbons (Fsp3) is 0.167. The van der Waals surface area contributed by atoms with Crippen molar-refractivity contribution in [3.05, 3.63) is 36.4 Å². The monoisotopic (exact) mass is 232 g/mol. The second-order valence-electron chi connectivity index (χ2n) is 3.49. The van der Waals surface area contributed by atoms with Gasteiger partial charge >= 0.3 is 5.97 Å². The van der Waals surface area contributed by atoms with Crippen LogP contribution in [0.5, 0.6) is 5.88 Å². The zero-order valence-corrected chi connectivity index (χ0v) is 9.33. The molecule has 1 aromatic heterocycles. The standard InChI is InChI=1S/C12H12N2O3/c1-17-11-7-10(9-5-3-2-4-6-9)13-14(11)8-12(15)16/h2-7H,8H2,1H3,(H,15,16). The molecule has 5 heteroatoms. The maximum absolute atomic E-state index is 10.7. The number of aromatic nitrogens is 2. The molecule has 0 aliphatic rings. The summed E-state index contributed by atoms with van der Waals surface area (Å²) in [5, 5.41) is 13.0. The van der Waals surface area contributed by atoms with Crippen LogP contribution in [0.2, 0.25) is 0 Å². The van der Waals surface area contributed by atoms with Crippen LogP contribution in [0.1, 0.15) is 0 Å². The molecule has 1 aromatic carbocycles. The molecule has 0 saturated carbocycles. The molecule has 1 heterocycles. The van der Waals surface area contributed by atoms with Crippen molar-refractivity contribution in [3.63, 3.8) is 0 Å². The first kappa shape index (κ1) is 11.2. The van der Waals surface area contributed by atoms with E-state index in [1.807, 2.05) is 30.3 Å². The molecule has 5 nitrogen and oxygen atoms in total. The number of ether oxygens (including phenoxy) is 1. The lowest BCUT2D eigenvalue weighted by molar-refractivity contribution is -0.138. The van der Waals surface area contributed by atoms with Gasteiger partial charge in [-0.2, -0.15) is 5.10 Å². The number of benzene rings is 1. The normalized spacial score (nSPS) is 10.2. The SMILES string of the molecule is COc1cc(-c2ccccc2)nn1CC(=O)O. The molecule has 0 radical (unpaired) electrons. The smallest absolute Gasteiger partial charge is 0.325 e. The molecule has 0 bridgehead atoms. The summed E-state index contributed by atoms with van der Waals surface area (Å²) in [6.07, 6.45) is 0. The molecule has 88 valence electrons. The average Bonchev–Trinajstić information content (AvgIpc) is 2.72. The Morgan fingerprint density at radius 1 is 1.41 bits per heavy atom. The predicted octanol–water partition coefficient (Wildman–Crippen LogP) is 1.64. The van der Waals surface area contributed by atoms with Gasteiger partial charge in [-0.15, -0.1) is 0 Å². The number of hydrogen-bond acceptors (Lipinski definition) is 3. The van der Waals surface area contributed by atoms with Gasteiger partial charge in [0.2, 0.25) is 5.88 Å². The van der Waals surface area contributed by atoms with Crippen LogP contribution in [0.4, 0.5) is 0 Å². The molecular weight excluding hydrogens is 220 g/mol. The van der Waals surface area contributed by atoms with E-state index in [-0.39, 0.29) is 6.54 Å². The van der Waals surface area contributed by atoms with Gasteiger partial charge in [-0.25, -0.2) is 4.68 Å². The predicted molar refractivity (Wildman–Crippen MR) is 61.9 cm³/mol. The van der Waals surface area contributed by atoms with Crippen molar-refractivity contribution < 1.29 is 14.6 Å². The molecule has 0 aliphatic heterocycles. The molecule has 0 amide bonds. The number of aliphatic carboxylic acids is 1. The van der Waals surface area contributed by atoms with Crippen LogP contribution in [0.25, 0.3) is 11.3 Å². The Morgan fingerprint density at radius 2 is 2.12 bits per heavy atom. The van der Waals surface area contributed by atoms with E-state index in [0.29, 0.717) is 11.6 Å². The molecule has 0 spiro atoms. The molecule has 0 fully saturated rings. The number of carboxylic acids is 1. The van der Waals surface area contributed by atoms with E-state index in [1.165, 1.54) is 11.8 Å². The molecule has 2 rings (SSSR count). The molecular formula is C12H12N2O3. The molecule has 1 N–H and O–H groups in total. The lowest BCUT2D eigenvalue weighted by Gasteiger charge is -2.01.